The molecule has 0 aromatic heterocycles. The van der Waals surface area contributed by atoms with Crippen LogP contribution in [0.4, 0.5) is 0 Å². The second kappa shape index (κ2) is 4.78. The molecule has 5 heteroatoms. The quantitative estimate of drug-likeness (QED) is 0.693. The van der Waals surface area contributed by atoms with Gasteiger partial charge < -0.3 is 15.8 Å². The topological polar surface area (TPSA) is 81.4 Å². The van der Waals surface area contributed by atoms with Gasteiger partial charge >= 0.3 is 5.97 Å². The number of esters is 1. The second-order valence-electron chi connectivity index (χ2n) is 4.57. The number of rotatable bonds is 2. The summed E-state index contributed by atoms with van der Waals surface area (Å²) in [5.41, 5.74) is 7.04. The van der Waals surface area contributed by atoms with Gasteiger partial charge in [0, 0.05) is 17.7 Å². The van der Waals surface area contributed by atoms with E-state index >= 15 is 0 Å². The molecule has 0 aromatic carbocycles. The molecular weight excluding hydrogens is 232 g/mol. The fourth-order valence-electron chi connectivity index (χ4n) is 1.96. The van der Waals surface area contributed by atoms with Crippen molar-refractivity contribution in [2.24, 2.45) is 11.7 Å². The molecule has 0 aromatic rings. The molecule has 0 spiro atoms. The first kappa shape index (κ1) is 12.6. The van der Waals surface area contributed by atoms with E-state index in [2.05, 4.69) is 5.32 Å². The number of ether oxygens (including phenoxy) is 1. The number of nitrogens with one attached hydrogen (secondary N) is 1. The highest BCUT2D eigenvalue weighted by Gasteiger charge is 2.30. The maximum absolute atomic E-state index is 11.5. The lowest BCUT2D eigenvalue weighted by atomic mass is 9.88. The van der Waals surface area contributed by atoms with E-state index in [1.54, 1.807) is 19.1 Å². The molecule has 18 heavy (non-hydrogen) atoms. The largest absolute Gasteiger partial charge is 0.454 e. The monoisotopic (exact) mass is 248 g/mol. The van der Waals surface area contributed by atoms with Gasteiger partial charge in [-0.15, -0.1) is 0 Å². The number of fused-ring (bicyclic) bond motifs is 1. The molecular formula is C13H16N2O3. The zero-order valence-corrected chi connectivity index (χ0v) is 10.3. The van der Waals surface area contributed by atoms with Crippen LogP contribution in [0.2, 0.25) is 0 Å². The maximum Gasteiger partial charge on any atom is 0.331 e. The molecule has 5 nitrogen and oxygen atoms in total. The van der Waals surface area contributed by atoms with Gasteiger partial charge in [0.2, 0.25) is 5.91 Å². The van der Waals surface area contributed by atoms with E-state index in [1.807, 2.05) is 13.0 Å². The SMILES string of the molecule is CC1=CC(=O)OC2C=C(NC(=O)C(C)N)C=CC12. The van der Waals surface area contributed by atoms with Crippen LogP contribution in [0.25, 0.3) is 0 Å². The van der Waals surface area contributed by atoms with Gasteiger partial charge in [0.05, 0.1) is 6.04 Å². The van der Waals surface area contributed by atoms with Crippen molar-refractivity contribution in [3.8, 4) is 0 Å². The summed E-state index contributed by atoms with van der Waals surface area (Å²) < 4.78 is 5.21. The van der Waals surface area contributed by atoms with Crippen LogP contribution in [0, 0.1) is 5.92 Å². The summed E-state index contributed by atoms with van der Waals surface area (Å²) in [7, 11) is 0. The summed E-state index contributed by atoms with van der Waals surface area (Å²) in [5, 5.41) is 2.68. The van der Waals surface area contributed by atoms with Crippen LogP contribution in [0.1, 0.15) is 13.8 Å². The normalized spacial score (nSPS) is 27.6. The van der Waals surface area contributed by atoms with E-state index < -0.39 is 6.04 Å². The van der Waals surface area contributed by atoms with Crippen molar-refractivity contribution < 1.29 is 14.3 Å². The third kappa shape index (κ3) is 2.51. The number of carbonyl (C=O) groups is 2. The zero-order chi connectivity index (χ0) is 13.3. The molecule has 3 unspecified atom stereocenters. The van der Waals surface area contributed by atoms with E-state index in [9.17, 15) is 9.59 Å². The van der Waals surface area contributed by atoms with Gasteiger partial charge in [0.15, 0.2) is 0 Å². The van der Waals surface area contributed by atoms with E-state index in [0.717, 1.165) is 5.57 Å². The molecule has 96 valence electrons. The van der Waals surface area contributed by atoms with Crippen LogP contribution in [-0.2, 0) is 14.3 Å². The molecule has 1 aliphatic heterocycles. The van der Waals surface area contributed by atoms with Crippen LogP contribution in [-0.4, -0.2) is 24.0 Å². The summed E-state index contributed by atoms with van der Waals surface area (Å²) in [6.45, 7) is 3.50. The number of carbonyl (C=O) groups excluding carboxylic acids is 2. The maximum atomic E-state index is 11.5. The first-order valence-electron chi connectivity index (χ1n) is 5.82. The Hall–Kier alpha value is -1.88. The summed E-state index contributed by atoms with van der Waals surface area (Å²) in [6, 6.07) is -0.576. The third-order valence-electron chi connectivity index (χ3n) is 2.99. The van der Waals surface area contributed by atoms with E-state index in [4.69, 9.17) is 10.5 Å². The Morgan fingerprint density at radius 3 is 2.94 bits per heavy atom. The number of allylic oxidation sites excluding steroid dienone is 1. The van der Waals surface area contributed by atoms with Crippen molar-refractivity contribution in [2.45, 2.75) is 26.0 Å². The average Bonchev–Trinajstić information content (AvgIpc) is 2.27. The molecule has 2 aliphatic rings. The van der Waals surface area contributed by atoms with E-state index in [-0.39, 0.29) is 23.9 Å². The van der Waals surface area contributed by atoms with Crippen LogP contribution in [0.15, 0.2) is 35.6 Å². The molecule has 3 atom stereocenters. The minimum atomic E-state index is -0.576. The van der Waals surface area contributed by atoms with Crippen molar-refractivity contribution in [1.29, 1.82) is 0 Å². The van der Waals surface area contributed by atoms with Gasteiger partial charge in [0.1, 0.15) is 6.10 Å². The van der Waals surface area contributed by atoms with Crippen molar-refractivity contribution in [3.63, 3.8) is 0 Å². The lowest BCUT2D eigenvalue weighted by Gasteiger charge is -2.29. The Morgan fingerprint density at radius 1 is 1.56 bits per heavy atom. The number of amides is 1. The number of nitrogens with two attached hydrogens (primary N) is 1. The van der Waals surface area contributed by atoms with Gasteiger partial charge in [-0.25, -0.2) is 4.79 Å². The molecule has 0 fully saturated rings. The lowest BCUT2D eigenvalue weighted by Crippen LogP contribution is -2.39. The first-order chi connectivity index (χ1) is 8.47. The summed E-state index contributed by atoms with van der Waals surface area (Å²) >= 11 is 0. The van der Waals surface area contributed by atoms with Crippen LogP contribution >= 0.6 is 0 Å². The van der Waals surface area contributed by atoms with Crippen LogP contribution < -0.4 is 11.1 Å². The molecule has 2 rings (SSSR count). The molecule has 1 heterocycles. The lowest BCUT2D eigenvalue weighted by molar-refractivity contribution is -0.143. The fourth-order valence-corrected chi connectivity index (χ4v) is 1.96. The predicted octanol–water partition coefficient (Wildman–Crippen LogP) is 0.391. The fraction of sp³-hybridized carbons (Fsp3) is 0.385. The Labute approximate surface area is 105 Å². The van der Waals surface area contributed by atoms with Crippen molar-refractivity contribution in [2.75, 3.05) is 0 Å². The number of hydrogen-bond acceptors (Lipinski definition) is 4. The Morgan fingerprint density at radius 2 is 2.28 bits per heavy atom. The molecule has 3 N–H and O–H groups in total. The van der Waals surface area contributed by atoms with Gasteiger partial charge in [-0.05, 0) is 26.0 Å². The second-order valence-corrected chi connectivity index (χ2v) is 4.57. The predicted molar refractivity (Wildman–Crippen MR) is 66.1 cm³/mol. The molecule has 0 saturated heterocycles. The van der Waals surface area contributed by atoms with Crippen molar-refractivity contribution in [1.82, 2.24) is 5.32 Å². The van der Waals surface area contributed by atoms with Crippen LogP contribution in [0.5, 0.6) is 0 Å². The Balaban J connectivity index is 2.13. The zero-order valence-electron chi connectivity index (χ0n) is 10.3. The van der Waals surface area contributed by atoms with Gasteiger partial charge in [-0.2, -0.15) is 0 Å². The van der Waals surface area contributed by atoms with Gasteiger partial charge in [-0.1, -0.05) is 11.6 Å². The Kier molecular flexibility index (Phi) is 3.34. The summed E-state index contributed by atoms with van der Waals surface area (Å²) in [4.78, 5) is 22.8. The molecule has 0 radical (unpaired) electrons. The smallest absolute Gasteiger partial charge is 0.331 e. The summed E-state index contributed by atoms with van der Waals surface area (Å²) in [6.07, 6.45) is 6.60. The standard InChI is InChI=1S/C13H16N2O3/c1-7-5-12(16)18-11-6-9(3-4-10(7)11)15-13(17)8(2)14/h3-6,8,10-11H,14H2,1-2H3,(H,15,17). The van der Waals surface area contributed by atoms with Crippen LogP contribution in [0.3, 0.4) is 0 Å². The molecule has 1 amide bonds. The van der Waals surface area contributed by atoms with Crippen molar-refractivity contribution >= 4 is 11.9 Å². The summed E-state index contributed by atoms with van der Waals surface area (Å²) in [5.74, 6) is -0.560. The minimum Gasteiger partial charge on any atom is -0.454 e. The highest BCUT2D eigenvalue weighted by atomic mass is 16.5. The number of hydrogen-bond donors (Lipinski definition) is 2. The first-order valence-corrected chi connectivity index (χ1v) is 5.82. The molecule has 0 bridgehead atoms. The van der Waals surface area contributed by atoms with Crippen molar-refractivity contribution in [3.05, 3.63) is 35.6 Å². The van der Waals surface area contributed by atoms with E-state index in [0.29, 0.717) is 5.70 Å². The minimum absolute atomic E-state index is 0.0543. The van der Waals surface area contributed by atoms with Gasteiger partial charge in [0.25, 0.3) is 0 Å². The Bertz CT molecular complexity index is 475. The third-order valence-corrected chi connectivity index (χ3v) is 2.99. The average molecular weight is 248 g/mol. The van der Waals surface area contributed by atoms with E-state index in [1.165, 1.54) is 6.08 Å². The molecule has 0 saturated carbocycles. The highest BCUT2D eigenvalue weighted by Crippen LogP contribution is 2.28. The highest BCUT2D eigenvalue weighted by molar-refractivity contribution is 5.85. The van der Waals surface area contributed by atoms with Gasteiger partial charge in [-0.3, -0.25) is 4.79 Å². The molecule has 1 aliphatic carbocycles.